The van der Waals surface area contributed by atoms with Crippen LogP contribution in [0.1, 0.15) is 27.2 Å². The summed E-state index contributed by atoms with van der Waals surface area (Å²) in [6.07, 6.45) is 0.272. The maximum atomic E-state index is 13.0. The Morgan fingerprint density at radius 1 is 0.882 bits per heavy atom. The summed E-state index contributed by atoms with van der Waals surface area (Å²) in [5.41, 5.74) is 5.44. The van der Waals surface area contributed by atoms with Gasteiger partial charge in [-0.25, -0.2) is 0 Å². The van der Waals surface area contributed by atoms with Gasteiger partial charge in [0.1, 0.15) is 5.69 Å². The van der Waals surface area contributed by atoms with Crippen LogP contribution in [0.25, 0.3) is 11.3 Å². The van der Waals surface area contributed by atoms with Crippen molar-refractivity contribution in [1.29, 1.82) is 0 Å². The molecule has 0 atom stereocenters. The number of nitrogens with zero attached hydrogens (tertiary/aromatic N) is 3. The number of aryl methyl sites for hydroxylation is 2. The first-order valence-electron chi connectivity index (χ1n) is 11.3. The van der Waals surface area contributed by atoms with E-state index >= 15 is 0 Å². The number of methoxy groups -OCH3 is 2. The number of ether oxygens (including phenoxy) is 2. The summed E-state index contributed by atoms with van der Waals surface area (Å²) in [5.74, 6) is 1.15. The molecule has 1 aliphatic heterocycles. The van der Waals surface area contributed by atoms with Crippen molar-refractivity contribution in [2.24, 2.45) is 0 Å². The first kappa shape index (κ1) is 23.4. The summed E-state index contributed by atoms with van der Waals surface area (Å²) in [7, 11) is 3.15. The fourth-order valence-electron chi connectivity index (χ4n) is 4.09. The van der Waals surface area contributed by atoms with Crippen molar-refractivity contribution < 1.29 is 19.1 Å². The molecule has 8 nitrogen and oxygen atoms in total. The lowest BCUT2D eigenvalue weighted by molar-refractivity contribution is -0.131. The maximum Gasteiger partial charge on any atom is 0.272 e. The highest BCUT2D eigenvalue weighted by Crippen LogP contribution is 2.28. The molecule has 0 bridgehead atoms. The number of hydrogen-bond donors (Lipinski definition) is 1. The number of nitrogens with one attached hydrogen (secondary N) is 1. The smallest absolute Gasteiger partial charge is 0.272 e. The van der Waals surface area contributed by atoms with E-state index in [-0.39, 0.29) is 18.2 Å². The van der Waals surface area contributed by atoms with E-state index in [2.05, 4.69) is 36.2 Å². The Kier molecular flexibility index (Phi) is 6.86. The van der Waals surface area contributed by atoms with Gasteiger partial charge in [-0.2, -0.15) is 5.10 Å². The van der Waals surface area contributed by atoms with Gasteiger partial charge < -0.3 is 19.3 Å². The molecule has 0 radical (unpaired) electrons. The number of benzene rings is 2. The van der Waals surface area contributed by atoms with Crippen LogP contribution in [0.15, 0.2) is 42.5 Å². The Morgan fingerprint density at radius 3 is 2.26 bits per heavy atom. The van der Waals surface area contributed by atoms with Crippen molar-refractivity contribution in [2.75, 3.05) is 40.4 Å². The van der Waals surface area contributed by atoms with Gasteiger partial charge in [-0.05, 0) is 54.8 Å². The van der Waals surface area contributed by atoms with Crippen LogP contribution in [0.3, 0.4) is 0 Å². The molecule has 2 aromatic carbocycles. The predicted octanol–water partition coefficient (Wildman–Crippen LogP) is 3.24. The number of piperazine rings is 1. The molecule has 0 aliphatic carbocycles. The molecular weight excluding hydrogens is 432 g/mol. The molecule has 0 saturated carbocycles. The largest absolute Gasteiger partial charge is 0.493 e. The van der Waals surface area contributed by atoms with E-state index in [0.717, 1.165) is 16.8 Å². The number of hydrogen-bond acceptors (Lipinski definition) is 5. The van der Waals surface area contributed by atoms with E-state index in [9.17, 15) is 9.59 Å². The molecule has 1 N–H and O–H groups in total. The van der Waals surface area contributed by atoms with Crippen LogP contribution in [0.5, 0.6) is 11.5 Å². The third kappa shape index (κ3) is 4.90. The average molecular weight is 463 g/mol. The number of carbonyl (C=O) groups is 2. The van der Waals surface area contributed by atoms with Crippen LogP contribution in [0, 0.1) is 13.8 Å². The predicted molar refractivity (Wildman–Crippen MR) is 129 cm³/mol. The summed E-state index contributed by atoms with van der Waals surface area (Å²) < 4.78 is 10.6. The molecule has 1 fully saturated rings. The molecule has 0 unspecified atom stereocenters. The number of aromatic nitrogens is 2. The Bertz CT molecular complexity index is 1200. The first-order chi connectivity index (χ1) is 16.4. The standard InChI is InChI=1S/C26H30N4O4/c1-17-5-7-20(13-18(17)2)21-16-22(28-27-21)26(32)30-11-9-29(10-12-30)25(31)15-19-6-8-23(33-3)24(14-19)34-4/h5-8,13-14,16H,9-12,15H2,1-4H3,(H,27,28). The summed E-state index contributed by atoms with van der Waals surface area (Å²) in [6, 6.07) is 13.4. The summed E-state index contributed by atoms with van der Waals surface area (Å²) in [5, 5.41) is 7.21. The first-order valence-corrected chi connectivity index (χ1v) is 11.3. The third-order valence-corrected chi connectivity index (χ3v) is 6.33. The highest BCUT2D eigenvalue weighted by molar-refractivity contribution is 5.93. The van der Waals surface area contributed by atoms with Crippen LogP contribution in [0.2, 0.25) is 0 Å². The van der Waals surface area contributed by atoms with Crippen molar-refractivity contribution in [1.82, 2.24) is 20.0 Å². The zero-order valence-corrected chi connectivity index (χ0v) is 20.1. The zero-order valence-electron chi connectivity index (χ0n) is 20.1. The van der Waals surface area contributed by atoms with E-state index < -0.39 is 0 Å². The van der Waals surface area contributed by atoms with Crippen molar-refractivity contribution in [3.05, 3.63) is 64.8 Å². The second kappa shape index (κ2) is 9.99. The van der Waals surface area contributed by atoms with Crippen LogP contribution in [0.4, 0.5) is 0 Å². The van der Waals surface area contributed by atoms with Crippen molar-refractivity contribution in [2.45, 2.75) is 20.3 Å². The highest BCUT2D eigenvalue weighted by Gasteiger charge is 2.26. The van der Waals surface area contributed by atoms with Gasteiger partial charge in [0.2, 0.25) is 5.91 Å². The number of amides is 2. The average Bonchev–Trinajstić information content (AvgIpc) is 3.35. The number of H-pyrrole nitrogens is 1. The number of carbonyl (C=O) groups excluding carboxylic acids is 2. The van der Waals surface area contributed by atoms with Crippen molar-refractivity contribution >= 4 is 11.8 Å². The van der Waals surface area contributed by atoms with Crippen molar-refractivity contribution in [3.8, 4) is 22.8 Å². The van der Waals surface area contributed by atoms with Gasteiger partial charge in [-0.15, -0.1) is 0 Å². The van der Waals surface area contributed by atoms with E-state index in [1.807, 2.05) is 18.2 Å². The molecule has 2 heterocycles. The van der Waals surface area contributed by atoms with Gasteiger partial charge in [0.25, 0.3) is 5.91 Å². The highest BCUT2D eigenvalue weighted by atomic mass is 16.5. The third-order valence-electron chi connectivity index (χ3n) is 6.33. The van der Waals surface area contributed by atoms with Gasteiger partial charge in [0.05, 0.1) is 26.3 Å². The fourth-order valence-corrected chi connectivity index (χ4v) is 4.09. The van der Waals surface area contributed by atoms with Crippen LogP contribution >= 0.6 is 0 Å². The Morgan fingerprint density at radius 2 is 1.59 bits per heavy atom. The quantitative estimate of drug-likeness (QED) is 0.608. The Hall–Kier alpha value is -3.81. The Labute approximate surface area is 199 Å². The molecule has 2 amide bonds. The molecule has 1 saturated heterocycles. The van der Waals surface area contributed by atoms with Crippen LogP contribution in [-0.4, -0.2) is 72.2 Å². The maximum absolute atomic E-state index is 13.0. The number of aromatic amines is 1. The van der Waals surface area contributed by atoms with E-state index in [1.165, 1.54) is 11.1 Å². The van der Waals surface area contributed by atoms with Gasteiger partial charge in [0, 0.05) is 31.7 Å². The molecule has 0 spiro atoms. The molecular formula is C26H30N4O4. The van der Waals surface area contributed by atoms with Crippen molar-refractivity contribution in [3.63, 3.8) is 0 Å². The molecule has 1 aliphatic rings. The lowest BCUT2D eigenvalue weighted by Crippen LogP contribution is -2.51. The number of rotatable bonds is 6. The second-order valence-corrected chi connectivity index (χ2v) is 8.50. The van der Waals surface area contributed by atoms with E-state index in [1.54, 1.807) is 36.2 Å². The van der Waals surface area contributed by atoms with Gasteiger partial charge in [-0.1, -0.05) is 18.2 Å². The summed E-state index contributed by atoms with van der Waals surface area (Å²) in [4.78, 5) is 29.4. The van der Waals surface area contributed by atoms with E-state index in [4.69, 9.17) is 9.47 Å². The Balaban J connectivity index is 1.34. The molecule has 178 valence electrons. The summed E-state index contributed by atoms with van der Waals surface area (Å²) >= 11 is 0. The monoisotopic (exact) mass is 462 g/mol. The van der Waals surface area contributed by atoms with Gasteiger partial charge >= 0.3 is 0 Å². The molecule has 1 aromatic heterocycles. The molecule has 3 aromatic rings. The second-order valence-electron chi connectivity index (χ2n) is 8.50. The minimum atomic E-state index is -0.102. The summed E-state index contributed by atoms with van der Waals surface area (Å²) in [6.45, 7) is 6.08. The SMILES string of the molecule is COc1ccc(CC(=O)N2CCN(C(=O)c3cc(-c4ccc(C)c(C)c4)n[nH]3)CC2)cc1OC. The molecule has 34 heavy (non-hydrogen) atoms. The lowest BCUT2D eigenvalue weighted by atomic mass is 10.0. The van der Waals surface area contributed by atoms with E-state index in [0.29, 0.717) is 43.4 Å². The molecule has 8 heteroatoms. The van der Waals surface area contributed by atoms with Crippen LogP contribution in [-0.2, 0) is 11.2 Å². The van der Waals surface area contributed by atoms with Gasteiger partial charge in [0.15, 0.2) is 11.5 Å². The minimum absolute atomic E-state index is 0.0258. The topological polar surface area (TPSA) is 87.8 Å². The normalized spacial score (nSPS) is 13.6. The zero-order chi connectivity index (χ0) is 24.2. The minimum Gasteiger partial charge on any atom is -0.493 e. The van der Waals surface area contributed by atoms with Crippen LogP contribution < -0.4 is 9.47 Å². The fraction of sp³-hybridized carbons (Fsp3) is 0.346. The lowest BCUT2D eigenvalue weighted by Gasteiger charge is -2.34. The van der Waals surface area contributed by atoms with Gasteiger partial charge in [-0.3, -0.25) is 14.7 Å². The molecule has 4 rings (SSSR count).